The minimum atomic E-state index is 0.134. The van der Waals surface area contributed by atoms with Crippen molar-refractivity contribution in [1.82, 2.24) is 10.2 Å². The first kappa shape index (κ1) is 14.5. The third-order valence-corrected chi connectivity index (χ3v) is 3.42. The summed E-state index contributed by atoms with van der Waals surface area (Å²) < 4.78 is 5.85. The van der Waals surface area contributed by atoms with Gasteiger partial charge < -0.3 is 15.0 Å². The number of nitrogens with one attached hydrogen (secondary N) is 1. The summed E-state index contributed by atoms with van der Waals surface area (Å²) in [6.45, 7) is 4.93. The molecule has 0 aliphatic carbocycles. The van der Waals surface area contributed by atoms with Crippen LogP contribution in [0, 0.1) is 0 Å². The van der Waals surface area contributed by atoms with Gasteiger partial charge in [-0.25, -0.2) is 0 Å². The average molecular weight is 242 g/mol. The third kappa shape index (κ3) is 4.64. The Balaban J connectivity index is 2.28. The highest BCUT2D eigenvalue weighted by Gasteiger charge is 2.27. The van der Waals surface area contributed by atoms with Crippen LogP contribution in [0.15, 0.2) is 0 Å². The molecule has 0 radical (unpaired) electrons. The Kier molecular flexibility index (Phi) is 5.92. The number of hydrogen-bond donors (Lipinski definition) is 1. The number of amides is 1. The van der Waals surface area contributed by atoms with Crippen LogP contribution in [0.25, 0.3) is 0 Å². The fourth-order valence-electron chi connectivity index (χ4n) is 2.27. The van der Waals surface area contributed by atoms with Gasteiger partial charge in [0.1, 0.15) is 0 Å². The molecule has 1 heterocycles. The molecule has 0 bridgehead atoms. The van der Waals surface area contributed by atoms with Crippen molar-refractivity contribution in [3.05, 3.63) is 0 Å². The van der Waals surface area contributed by atoms with Gasteiger partial charge in [0.05, 0.1) is 19.1 Å². The molecule has 1 rings (SSSR count). The number of nitrogens with zero attached hydrogens (tertiary/aromatic N) is 1. The van der Waals surface area contributed by atoms with E-state index in [2.05, 4.69) is 19.2 Å². The van der Waals surface area contributed by atoms with E-state index in [0.29, 0.717) is 25.1 Å². The van der Waals surface area contributed by atoms with Crippen molar-refractivity contribution in [2.24, 2.45) is 0 Å². The van der Waals surface area contributed by atoms with Gasteiger partial charge in [-0.2, -0.15) is 0 Å². The van der Waals surface area contributed by atoms with Crippen molar-refractivity contribution in [1.29, 1.82) is 0 Å². The lowest BCUT2D eigenvalue weighted by atomic mass is 9.95. The molecule has 0 aromatic heterocycles. The van der Waals surface area contributed by atoms with Crippen LogP contribution in [0.4, 0.5) is 0 Å². The van der Waals surface area contributed by atoms with E-state index in [1.165, 1.54) is 0 Å². The van der Waals surface area contributed by atoms with Crippen molar-refractivity contribution in [3.8, 4) is 0 Å². The Labute approximate surface area is 105 Å². The van der Waals surface area contributed by atoms with Gasteiger partial charge in [-0.1, -0.05) is 6.92 Å². The van der Waals surface area contributed by atoms with Crippen LogP contribution in [0.5, 0.6) is 0 Å². The van der Waals surface area contributed by atoms with Crippen molar-refractivity contribution < 1.29 is 9.53 Å². The molecule has 0 saturated carbocycles. The number of ether oxygens (including phenoxy) is 1. The van der Waals surface area contributed by atoms with E-state index in [4.69, 9.17) is 4.74 Å². The monoisotopic (exact) mass is 242 g/mol. The summed E-state index contributed by atoms with van der Waals surface area (Å²) >= 11 is 0. The van der Waals surface area contributed by atoms with E-state index in [1.54, 1.807) is 19.0 Å². The van der Waals surface area contributed by atoms with E-state index in [0.717, 1.165) is 19.3 Å². The van der Waals surface area contributed by atoms with Crippen molar-refractivity contribution in [2.75, 3.05) is 20.7 Å². The highest BCUT2D eigenvalue weighted by Crippen LogP contribution is 2.18. The second-order valence-corrected chi connectivity index (χ2v) is 5.11. The minimum Gasteiger partial charge on any atom is -0.376 e. The smallest absolute Gasteiger partial charge is 0.224 e. The zero-order chi connectivity index (χ0) is 12.8. The van der Waals surface area contributed by atoms with Crippen molar-refractivity contribution in [3.63, 3.8) is 0 Å². The lowest BCUT2D eigenvalue weighted by Crippen LogP contribution is -2.50. The van der Waals surface area contributed by atoms with Crippen LogP contribution in [0.3, 0.4) is 0 Å². The Morgan fingerprint density at radius 3 is 2.71 bits per heavy atom. The summed E-state index contributed by atoms with van der Waals surface area (Å²) in [5.74, 6) is 0.134. The molecule has 1 aliphatic rings. The molecule has 0 aromatic carbocycles. The van der Waals surface area contributed by atoms with E-state index < -0.39 is 0 Å². The molecular formula is C13H26N2O2. The van der Waals surface area contributed by atoms with Crippen LogP contribution >= 0.6 is 0 Å². The lowest BCUT2D eigenvalue weighted by molar-refractivity contribution is -0.130. The Morgan fingerprint density at radius 2 is 2.12 bits per heavy atom. The fourth-order valence-corrected chi connectivity index (χ4v) is 2.27. The number of piperidine rings is 1. The van der Waals surface area contributed by atoms with E-state index >= 15 is 0 Å². The molecule has 3 unspecified atom stereocenters. The molecule has 1 amide bonds. The quantitative estimate of drug-likeness (QED) is 0.792. The van der Waals surface area contributed by atoms with Crippen LogP contribution in [0.2, 0.25) is 0 Å². The molecular weight excluding hydrogens is 216 g/mol. The summed E-state index contributed by atoms with van der Waals surface area (Å²) in [5, 5.41) is 3.56. The minimum absolute atomic E-state index is 0.134. The van der Waals surface area contributed by atoms with E-state index in [-0.39, 0.29) is 12.0 Å². The average Bonchev–Trinajstić information content (AvgIpc) is 2.30. The highest BCUT2D eigenvalue weighted by atomic mass is 16.5. The predicted octanol–water partition coefficient (Wildman–Crippen LogP) is 1.40. The summed E-state index contributed by atoms with van der Waals surface area (Å²) in [6, 6.07) is 1.02. The Morgan fingerprint density at radius 1 is 1.41 bits per heavy atom. The van der Waals surface area contributed by atoms with Crippen LogP contribution in [-0.2, 0) is 9.53 Å². The predicted molar refractivity (Wildman–Crippen MR) is 69.0 cm³/mol. The summed E-state index contributed by atoms with van der Waals surface area (Å²) in [7, 11) is 3.56. The largest absolute Gasteiger partial charge is 0.376 e. The van der Waals surface area contributed by atoms with Gasteiger partial charge in [0, 0.05) is 26.2 Å². The van der Waals surface area contributed by atoms with Gasteiger partial charge in [-0.3, -0.25) is 4.79 Å². The first-order chi connectivity index (χ1) is 8.04. The summed E-state index contributed by atoms with van der Waals surface area (Å²) in [4.78, 5) is 13.0. The zero-order valence-corrected chi connectivity index (χ0v) is 11.5. The molecule has 1 aliphatic heterocycles. The van der Waals surface area contributed by atoms with Gasteiger partial charge >= 0.3 is 0 Å². The summed E-state index contributed by atoms with van der Waals surface area (Å²) in [5.41, 5.74) is 0. The van der Waals surface area contributed by atoms with E-state index in [9.17, 15) is 4.79 Å². The standard InChI is InChI=1S/C13H26N2O2/c1-5-11-12(7-6-10(2)14-11)17-9-8-13(16)15(3)4/h10-12,14H,5-9H2,1-4H3. The maximum absolute atomic E-state index is 11.4. The second-order valence-electron chi connectivity index (χ2n) is 5.11. The third-order valence-electron chi connectivity index (χ3n) is 3.42. The molecule has 4 heteroatoms. The maximum atomic E-state index is 11.4. The molecule has 0 aromatic rings. The Hall–Kier alpha value is -0.610. The number of carbonyl (C=O) groups is 1. The fraction of sp³-hybridized carbons (Fsp3) is 0.923. The lowest BCUT2D eigenvalue weighted by Gasteiger charge is -2.35. The van der Waals surface area contributed by atoms with Gasteiger partial charge in [-0.05, 0) is 26.2 Å². The first-order valence-electron chi connectivity index (χ1n) is 6.62. The van der Waals surface area contributed by atoms with Gasteiger partial charge in [0.2, 0.25) is 5.91 Å². The molecule has 17 heavy (non-hydrogen) atoms. The first-order valence-corrected chi connectivity index (χ1v) is 6.62. The topological polar surface area (TPSA) is 41.6 Å². The SMILES string of the molecule is CCC1NC(C)CCC1OCCC(=O)N(C)C. The van der Waals surface area contributed by atoms with Crippen LogP contribution in [0.1, 0.15) is 39.5 Å². The molecule has 3 atom stereocenters. The molecule has 4 nitrogen and oxygen atoms in total. The van der Waals surface area contributed by atoms with Gasteiger partial charge in [0.25, 0.3) is 0 Å². The van der Waals surface area contributed by atoms with Gasteiger partial charge in [-0.15, -0.1) is 0 Å². The van der Waals surface area contributed by atoms with Gasteiger partial charge in [0.15, 0.2) is 0 Å². The number of hydrogen-bond acceptors (Lipinski definition) is 3. The molecule has 0 spiro atoms. The molecule has 100 valence electrons. The molecule has 1 N–H and O–H groups in total. The van der Waals surface area contributed by atoms with Crippen LogP contribution < -0.4 is 5.32 Å². The molecule has 1 fully saturated rings. The second kappa shape index (κ2) is 6.97. The number of carbonyl (C=O) groups excluding carboxylic acids is 1. The highest BCUT2D eigenvalue weighted by molar-refractivity contribution is 5.75. The Bertz CT molecular complexity index is 244. The van der Waals surface area contributed by atoms with Crippen molar-refractivity contribution >= 4 is 5.91 Å². The zero-order valence-electron chi connectivity index (χ0n) is 11.5. The molecule has 1 saturated heterocycles. The van der Waals surface area contributed by atoms with Crippen molar-refractivity contribution in [2.45, 2.75) is 57.7 Å². The number of rotatable bonds is 5. The maximum Gasteiger partial charge on any atom is 0.224 e. The summed E-state index contributed by atoms with van der Waals surface area (Å²) in [6.07, 6.45) is 4.09. The van der Waals surface area contributed by atoms with Crippen LogP contribution in [-0.4, -0.2) is 49.7 Å². The normalized spacial score (nSPS) is 29.1. The van der Waals surface area contributed by atoms with E-state index in [1.807, 2.05) is 0 Å².